The predicted molar refractivity (Wildman–Crippen MR) is 82.2 cm³/mol. The van der Waals surface area contributed by atoms with Gasteiger partial charge in [-0.15, -0.1) is 0 Å². The van der Waals surface area contributed by atoms with Crippen molar-refractivity contribution in [3.05, 3.63) is 64.6 Å². The van der Waals surface area contributed by atoms with Gasteiger partial charge in [-0.3, -0.25) is 4.79 Å². The fourth-order valence-corrected chi connectivity index (χ4v) is 2.29. The summed E-state index contributed by atoms with van der Waals surface area (Å²) in [6.45, 7) is 1.68. The molecule has 2 aromatic heterocycles. The van der Waals surface area contributed by atoms with E-state index in [0.29, 0.717) is 11.1 Å². The van der Waals surface area contributed by atoms with Crippen LogP contribution in [-0.2, 0) is 6.54 Å². The van der Waals surface area contributed by atoms with Gasteiger partial charge >= 0.3 is 5.97 Å². The van der Waals surface area contributed by atoms with Gasteiger partial charge in [0.2, 0.25) is 0 Å². The number of carboxylic acids is 1. The van der Waals surface area contributed by atoms with Gasteiger partial charge < -0.3 is 10.4 Å². The van der Waals surface area contributed by atoms with Crippen LogP contribution < -0.4 is 5.32 Å². The highest BCUT2D eigenvalue weighted by Gasteiger charge is 2.19. The number of amides is 1. The van der Waals surface area contributed by atoms with E-state index in [9.17, 15) is 23.5 Å². The van der Waals surface area contributed by atoms with Gasteiger partial charge in [-0.2, -0.15) is 5.10 Å². The molecule has 0 aliphatic heterocycles. The predicted octanol–water partition coefficient (Wildman–Crippen LogP) is 1.94. The molecule has 3 aromatic rings. The summed E-state index contributed by atoms with van der Waals surface area (Å²) in [5.74, 6) is -3.26. The highest BCUT2D eigenvalue weighted by Crippen LogP contribution is 2.12. The van der Waals surface area contributed by atoms with Gasteiger partial charge in [0, 0.05) is 12.6 Å². The molecular weight excluding hydrogens is 334 g/mol. The molecule has 128 valence electrons. The number of nitrogens with one attached hydrogen (secondary N) is 1. The first-order valence-electron chi connectivity index (χ1n) is 7.17. The summed E-state index contributed by atoms with van der Waals surface area (Å²) in [5, 5.41) is 15.3. The molecule has 0 saturated heterocycles. The second-order valence-corrected chi connectivity index (χ2v) is 5.33. The molecule has 2 heterocycles. The quantitative estimate of drug-likeness (QED) is 0.753. The van der Waals surface area contributed by atoms with Crippen molar-refractivity contribution >= 4 is 17.5 Å². The van der Waals surface area contributed by atoms with Gasteiger partial charge in [0.25, 0.3) is 5.91 Å². The molecule has 0 aliphatic rings. The SMILES string of the molecule is Cc1cc(CNC(=O)c2cc(C(=O)O)n3ncc(F)c3n2)ccc1F. The van der Waals surface area contributed by atoms with Crippen molar-refractivity contribution in [2.45, 2.75) is 13.5 Å². The highest BCUT2D eigenvalue weighted by atomic mass is 19.1. The number of carboxylic acid groups (broad SMARTS) is 1. The third kappa shape index (κ3) is 3.16. The van der Waals surface area contributed by atoms with Crippen LogP contribution in [0.3, 0.4) is 0 Å². The second-order valence-electron chi connectivity index (χ2n) is 5.33. The van der Waals surface area contributed by atoms with Gasteiger partial charge in [0.15, 0.2) is 17.2 Å². The van der Waals surface area contributed by atoms with Crippen molar-refractivity contribution in [1.82, 2.24) is 19.9 Å². The minimum atomic E-state index is -1.38. The Morgan fingerprint density at radius 2 is 2.00 bits per heavy atom. The van der Waals surface area contributed by atoms with Crippen LogP contribution in [0, 0.1) is 18.6 Å². The van der Waals surface area contributed by atoms with Crippen LogP contribution in [0.4, 0.5) is 8.78 Å². The van der Waals surface area contributed by atoms with E-state index in [-0.39, 0.29) is 23.7 Å². The number of hydrogen-bond donors (Lipinski definition) is 2. The van der Waals surface area contributed by atoms with Crippen molar-refractivity contribution in [3.63, 3.8) is 0 Å². The Kier molecular flexibility index (Phi) is 4.14. The van der Waals surface area contributed by atoms with E-state index in [2.05, 4.69) is 15.4 Å². The summed E-state index contributed by atoms with van der Waals surface area (Å²) in [6.07, 6.45) is 0.817. The number of halogens is 2. The Bertz CT molecular complexity index is 1000. The average molecular weight is 346 g/mol. The van der Waals surface area contributed by atoms with Crippen molar-refractivity contribution in [2.75, 3.05) is 0 Å². The number of benzene rings is 1. The van der Waals surface area contributed by atoms with Crippen molar-refractivity contribution in [3.8, 4) is 0 Å². The summed E-state index contributed by atoms with van der Waals surface area (Å²) in [6, 6.07) is 5.38. The number of rotatable bonds is 4. The Morgan fingerprint density at radius 3 is 2.68 bits per heavy atom. The summed E-state index contributed by atoms with van der Waals surface area (Å²) in [7, 11) is 0. The number of carbonyl (C=O) groups is 2. The minimum absolute atomic E-state index is 0.0803. The number of aryl methyl sites for hydroxylation is 1. The molecule has 0 fully saturated rings. The van der Waals surface area contributed by atoms with Crippen molar-refractivity contribution < 1.29 is 23.5 Å². The molecule has 7 nitrogen and oxygen atoms in total. The Hall–Kier alpha value is -3.36. The van der Waals surface area contributed by atoms with E-state index in [1.165, 1.54) is 12.1 Å². The standard InChI is InChI=1S/C16H12F2N4O3/c1-8-4-9(2-3-10(8)17)6-19-15(23)12-5-13(16(24)25)22-14(21-12)11(18)7-20-22/h2-5,7H,6H2,1H3,(H,19,23)(H,24,25). The summed E-state index contributed by atoms with van der Waals surface area (Å²) in [5.41, 5.74) is 0.0746. The molecule has 25 heavy (non-hydrogen) atoms. The lowest BCUT2D eigenvalue weighted by Gasteiger charge is -2.08. The zero-order chi connectivity index (χ0) is 18.1. The monoisotopic (exact) mass is 346 g/mol. The van der Waals surface area contributed by atoms with E-state index < -0.39 is 23.4 Å². The first-order valence-corrected chi connectivity index (χ1v) is 7.17. The molecule has 0 atom stereocenters. The number of nitrogens with zero attached hydrogens (tertiary/aromatic N) is 3. The van der Waals surface area contributed by atoms with Gasteiger partial charge in [0.1, 0.15) is 11.5 Å². The summed E-state index contributed by atoms with van der Waals surface area (Å²) < 4.78 is 27.7. The fraction of sp³-hybridized carbons (Fsp3) is 0.125. The minimum Gasteiger partial charge on any atom is -0.477 e. The van der Waals surface area contributed by atoms with Gasteiger partial charge in [0.05, 0.1) is 6.20 Å². The van der Waals surface area contributed by atoms with Crippen LogP contribution in [0.5, 0.6) is 0 Å². The number of aromatic carboxylic acids is 1. The van der Waals surface area contributed by atoms with E-state index in [1.807, 2.05) is 0 Å². The number of aromatic nitrogens is 3. The molecule has 0 bridgehead atoms. The first kappa shape index (κ1) is 16.5. The molecular formula is C16H12F2N4O3. The van der Waals surface area contributed by atoms with Crippen molar-refractivity contribution in [1.29, 1.82) is 0 Å². The van der Waals surface area contributed by atoms with E-state index in [4.69, 9.17) is 0 Å². The van der Waals surface area contributed by atoms with Crippen LogP contribution in [0.15, 0.2) is 30.5 Å². The van der Waals surface area contributed by atoms with Gasteiger partial charge in [-0.05, 0) is 24.1 Å². The number of fused-ring (bicyclic) bond motifs is 1. The van der Waals surface area contributed by atoms with Crippen LogP contribution in [-0.4, -0.2) is 31.6 Å². The van der Waals surface area contributed by atoms with Crippen LogP contribution in [0.2, 0.25) is 0 Å². The molecule has 0 unspecified atom stereocenters. The van der Waals surface area contributed by atoms with E-state index >= 15 is 0 Å². The lowest BCUT2D eigenvalue weighted by atomic mass is 10.1. The average Bonchev–Trinajstić information content (AvgIpc) is 2.96. The highest BCUT2D eigenvalue weighted by molar-refractivity contribution is 5.96. The second kappa shape index (κ2) is 6.27. The normalized spacial score (nSPS) is 10.8. The Balaban J connectivity index is 1.87. The zero-order valence-corrected chi connectivity index (χ0v) is 13.0. The number of carbonyl (C=O) groups excluding carboxylic acids is 1. The Labute approximate surface area is 139 Å². The smallest absolute Gasteiger partial charge is 0.354 e. The third-order valence-electron chi connectivity index (χ3n) is 3.56. The largest absolute Gasteiger partial charge is 0.477 e. The maximum atomic E-state index is 13.7. The maximum Gasteiger partial charge on any atom is 0.354 e. The molecule has 0 saturated carbocycles. The number of hydrogen-bond acceptors (Lipinski definition) is 4. The van der Waals surface area contributed by atoms with Gasteiger partial charge in [-0.25, -0.2) is 23.1 Å². The molecule has 3 rings (SSSR count). The summed E-state index contributed by atoms with van der Waals surface area (Å²) in [4.78, 5) is 27.3. The van der Waals surface area contributed by atoms with Crippen molar-refractivity contribution in [2.24, 2.45) is 0 Å². The molecule has 0 aliphatic carbocycles. The van der Waals surface area contributed by atoms with Gasteiger partial charge in [-0.1, -0.05) is 12.1 Å². The third-order valence-corrected chi connectivity index (χ3v) is 3.56. The zero-order valence-electron chi connectivity index (χ0n) is 13.0. The molecule has 1 aromatic carbocycles. The van der Waals surface area contributed by atoms with E-state index in [0.717, 1.165) is 16.8 Å². The molecule has 1 amide bonds. The lowest BCUT2D eigenvalue weighted by molar-refractivity contribution is 0.0687. The lowest BCUT2D eigenvalue weighted by Crippen LogP contribution is -2.25. The summed E-state index contributed by atoms with van der Waals surface area (Å²) >= 11 is 0. The Morgan fingerprint density at radius 1 is 1.24 bits per heavy atom. The molecule has 0 radical (unpaired) electrons. The van der Waals surface area contributed by atoms with E-state index in [1.54, 1.807) is 13.0 Å². The molecule has 2 N–H and O–H groups in total. The van der Waals surface area contributed by atoms with Crippen LogP contribution in [0.1, 0.15) is 32.1 Å². The fourth-order valence-electron chi connectivity index (χ4n) is 2.29. The van der Waals surface area contributed by atoms with Crippen LogP contribution >= 0.6 is 0 Å². The molecule has 9 heteroatoms. The first-order chi connectivity index (χ1) is 11.9. The van der Waals surface area contributed by atoms with Crippen LogP contribution in [0.25, 0.3) is 5.65 Å². The maximum absolute atomic E-state index is 13.7. The molecule has 0 spiro atoms. The topological polar surface area (TPSA) is 96.6 Å².